The molecule has 0 radical (unpaired) electrons. The van der Waals surface area contributed by atoms with E-state index in [0.717, 1.165) is 25.0 Å². The minimum absolute atomic E-state index is 0.00439. The van der Waals surface area contributed by atoms with Crippen LogP contribution in [-0.4, -0.2) is 29.9 Å². The van der Waals surface area contributed by atoms with Gasteiger partial charge < -0.3 is 15.1 Å². The number of fused-ring (bicyclic) bond motifs is 1. The highest BCUT2D eigenvalue weighted by Gasteiger charge is 2.27. The van der Waals surface area contributed by atoms with Crippen LogP contribution in [0, 0.1) is 0 Å². The monoisotopic (exact) mass is 372 g/mol. The summed E-state index contributed by atoms with van der Waals surface area (Å²) in [5.41, 5.74) is 2.48. The number of furan rings is 1. The standard InChI is InChI=1S/C20H24N2O3S/c1-26-13-11-17(22-20(24)18-10-5-12-25-18)19(23)21-16-9-4-7-14-6-2-3-8-15(14)16/h2-3,5-6,8,10,12,16-17H,4,7,9,11,13H2,1H3,(H,21,23)(H,22,24)/t16-,17+/m1/s1. The van der Waals surface area contributed by atoms with Crippen LogP contribution in [0.5, 0.6) is 0 Å². The van der Waals surface area contributed by atoms with E-state index in [4.69, 9.17) is 4.42 Å². The summed E-state index contributed by atoms with van der Waals surface area (Å²) in [6, 6.07) is 10.9. The summed E-state index contributed by atoms with van der Waals surface area (Å²) < 4.78 is 5.13. The van der Waals surface area contributed by atoms with Gasteiger partial charge in [-0.2, -0.15) is 11.8 Å². The van der Waals surface area contributed by atoms with Gasteiger partial charge in [0.25, 0.3) is 5.91 Å². The summed E-state index contributed by atoms with van der Waals surface area (Å²) in [5.74, 6) is 0.508. The molecule has 0 unspecified atom stereocenters. The second-order valence-corrected chi connectivity index (χ2v) is 7.42. The maximum Gasteiger partial charge on any atom is 0.287 e. The molecular weight excluding hydrogens is 348 g/mol. The minimum atomic E-state index is -0.575. The molecule has 6 heteroatoms. The molecule has 2 atom stereocenters. The van der Waals surface area contributed by atoms with Gasteiger partial charge in [0.2, 0.25) is 5.91 Å². The molecular formula is C20H24N2O3S. The summed E-state index contributed by atoms with van der Waals surface area (Å²) in [6.07, 6.45) is 7.04. The lowest BCUT2D eigenvalue weighted by Gasteiger charge is -2.28. The molecule has 2 amide bonds. The Kier molecular flexibility index (Phi) is 6.39. The third-order valence-corrected chi connectivity index (χ3v) is 5.31. The number of amides is 2. The van der Waals surface area contributed by atoms with E-state index in [1.807, 2.05) is 18.4 Å². The second-order valence-electron chi connectivity index (χ2n) is 6.44. The Morgan fingerprint density at radius 2 is 2.12 bits per heavy atom. The van der Waals surface area contributed by atoms with Gasteiger partial charge in [-0.1, -0.05) is 24.3 Å². The molecule has 1 aliphatic carbocycles. The van der Waals surface area contributed by atoms with E-state index in [1.54, 1.807) is 23.9 Å². The number of hydrogen-bond acceptors (Lipinski definition) is 4. The molecule has 2 aromatic rings. The number of aryl methyl sites for hydroxylation is 1. The van der Waals surface area contributed by atoms with Crippen LogP contribution in [-0.2, 0) is 11.2 Å². The number of carbonyl (C=O) groups excluding carboxylic acids is 2. The van der Waals surface area contributed by atoms with E-state index in [9.17, 15) is 9.59 Å². The Morgan fingerprint density at radius 3 is 2.88 bits per heavy atom. The van der Waals surface area contributed by atoms with Crippen molar-refractivity contribution in [3.8, 4) is 0 Å². The molecule has 0 saturated carbocycles. The van der Waals surface area contributed by atoms with Crippen LogP contribution in [0.2, 0.25) is 0 Å². The van der Waals surface area contributed by atoms with Crippen molar-refractivity contribution in [3.63, 3.8) is 0 Å². The quantitative estimate of drug-likeness (QED) is 0.782. The van der Waals surface area contributed by atoms with E-state index in [1.165, 1.54) is 17.4 Å². The smallest absolute Gasteiger partial charge is 0.287 e. The van der Waals surface area contributed by atoms with E-state index < -0.39 is 6.04 Å². The molecule has 1 aromatic carbocycles. The molecule has 0 fully saturated rings. The lowest BCUT2D eigenvalue weighted by Crippen LogP contribution is -2.48. The van der Waals surface area contributed by atoms with Gasteiger partial charge in [-0.25, -0.2) is 0 Å². The van der Waals surface area contributed by atoms with Gasteiger partial charge in [0.05, 0.1) is 12.3 Å². The highest BCUT2D eigenvalue weighted by Crippen LogP contribution is 2.29. The largest absolute Gasteiger partial charge is 0.459 e. The molecule has 5 nitrogen and oxygen atoms in total. The molecule has 138 valence electrons. The lowest BCUT2D eigenvalue weighted by molar-refractivity contribution is -0.123. The molecule has 1 aromatic heterocycles. The van der Waals surface area contributed by atoms with Gasteiger partial charge in [0, 0.05) is 0 Å². The molecule has 3 rings (SSSR count). The van der Waals surface area contributed by atoms with Crippen LogP contribution in [0.25, 0.3) is 0 Å². The topological polar surface area (TPSA) is 71.3 Å². The Morgan fingerprint density at radius 1 is 1.27 bits per heavy atom. The van der Waals surface area contributed by atoms with Crippen molar-refractivity contribution >= 4 is 23.6 Å². The zero-order chi connectivity index (χ0) is 18.4. The van der Waals surface area contributed by atoms with Gasteiger partial charge in [-0.15, -0.1) is 0 Å². The summed E-state index contributed by atoms with van der Waals surface area (Å²) in [6.45, 7) is 0. The zero-order valence-corrected chi connectivity index (χ0v) is 15.7. The van der Waals surface area contributed by atoms with Crippen molar-refractivity contribution in [2.75, 3.05) is 12.0 Å². The van der Waals surface area contributed by atoms with Crippen LogP contribution in [0.3, 0.4) is 0 Å². The fraction of sp³-hybridized carbons (Fsp3) is 0.400. The summed E-state index contributed by atoms with van der Waals surface area (Å²) >= 11 is 1.65. The molecule has 0 bridgehead atoms. The average molecular weight is 372 g/mol. The third kappa shape index (κ3) is 4.49. The van der Waals surface area contributed by atoms with Gasteiger partial charge in [-0.3, -0.25) is 9.59 Å². The van der Waals surface area contributed by atoms with Crippen LogP contribution in [0.1, 0.15) is 47.0 Å². The van der Waals surface area contributed by atoms with E-state index >= 15 is 0 Å². The number of hydrogen-bond donors (Lipinski definition) is 2. The second kappa shape index (κ2) is 8.94. The van der Waals surface area contributed by atoms with Crippen molar-refractivity contribution < 1.29 is 14.0 Å². The average Bonchev–Trinajstić information content (AvgIpc) is 3.20. The third-order valence-electron chi connectivity index (χ3n) is 4.66. The van der Waals surface area contributed by atoms with Crippen LogP contribution < -0.4 is 10.6 Å². The first-order valence-corrected chi connectivity index (χ1v) is 10.3. The van der Waals surface area contributed by atoms with Gasteiger partial charge in [0.1, 0.15) is 6.04 Å². The maximum absolute atomic E-state index is 12.9. The number of carbonyl (C=O) groups is 2. The minimum Gasteiger partial charge on any atom is -0.459 e. The first-order chi connectivity index (χ1) is 12.7. The van der Waals surface area contributed by atoms with Crippen molar-refractivity contribution in [2.24, 2.45) is 0 Å². The number of rotatable bonds is 7. The number of benzene rings is 1. The summed E-state index contributed by atoms with van der Waals surface area (Å²) in [7, 11) is 0. The van der Waals surface area contributed by atoms with Gasteiger partial charge >= 0.3 is 0 Å². The fourth-order valence-corrected chi connectivity index (χ4v) is 3.79. The molecule has 0 saturated heterocycles. The van der Waals surface area contributed by atoms with Gasteiger partial charge in [-0.05, 0) is 61.0 Å². The highest BCUT2D eigenvalue weighted by atomic mass is 32.2. The van der Waals surface area contributed by atoms with Crippen molar-refractivity contribution in [3.05, 3.63) is 59.5 Å². The normalized spacial score (nSPS) is 17.2. The Balaban J connectivity index is 1.69. The fourth-order valence-electron chi connectivity index (χ4n) is 3.32. The van der Waals surface area contributed by atoms with Crippen LogP contribution in [0.15, 0.2) is 47.1 Å². The van der Waals surface area contributed by atoms with Gasteiger partial charge in [0.15, 0.2) is 5.76 Å². The van der Waals surface area contributed by atoms with Crippen molar-refractivity contribution in [1.82, 2.24) is 10.6 Å². The molecule has 0 aliphatic heterocycles. The molecule has 1 heterocycles. The van der Waals surface area contributed by atoms with Crippen LogP contribution >= 0.6 is 11.8 Å². The SMILES string of the molecule is CSCC[C@H](NC(=O)c1ccco1)C(=O)N[C@@H]1CCCc2ccccc21. The van der Waals surface area contributed by atoms with E-state index in [-0.39, 0.29) is 23.6 Å². The van der Waals surface area contributed by atoms with Crippen LogP contribution in [0.4, 0.5) is 0 Å². The summed E-state index contributed by atoms with van der Waals surface area (Å²) in [4.78, 5) is 25.1. The molecule has 0 spiro atoms. The first-order valence-electron chi connectivity index (χ1n) is 8.90. The Labute approximate surface area is 157 Å². The molecule has 2 N–H and O–H groups in total. The Bertz CT molecular complexity index is 745. The van der Waals surface area contributed by atoms with Crippen molar-refractivity contribution in [2.45, 2.75) is 37.8 Å². The zero-order valence-electron chi connectivity index (χ0n) is 14.9. The maximum atomic E-state index is 12.9. The Hall–Kier alpha value is -2.21. The predicted molar refractivity (Wildman–Crippen MR) is 103 cm³/mol. The number of thioether (sulfide) groups is 1. The lowest BCUT2D eigenvalue weighted by atomic mass is 9.87. The van der Waals surface area contributed by atoms with Crippen molar-refractivity contribution in [1.29, 1.82) is 0 Å². The molecule has 26 heavy (non-hydrogen) atoms. The molecule has 1 aliphatic rings. The predicted octanol–water partition coefficient (Wildman–Crippen LogP) is 3.32. The highest BCUT2D eigenvalue weighted by molar-refractivity contribution is 7.98. The first kappa shape index (κ1) is 18.6. The van der Waals surface area contributed by atoms with E-state index in [0.29, 0.717) is 6.42 Å². The van der Waals surface area contributed by atoms with E-state index in [2.05, 4.69) is 22.8 Å². The summed E-state index contributed by atoms with van der Waals surface area (Å²) in [5, 5.41) is 5.95. The number of nitrogens with one attached hydrogen (secondary N) is 2.